The van der Waals surface area contributed by atoms with Crippen molar-refractivity contribution in [2.24, 2.45) is 0 Å². The smallest absolute Gasteiger partial charge is 0.255 e. The van der Waals surface area contributed by atoms with Crippen LogP contribution in [-0.2, 0) is 0 Å². The highest BCUT2D eigenvalue weighted by Gasteiger charge is 2.10. The molecule has 0 radical (unpaired) electrons. The minimum absolute atomic E-state index is 0.191. The molecule has 0 aliphatic carbocycles. The summed E-state index contributed by atoms with van der Waals surface area (Å²) in [5.74, 6) is -0.750. The number of hydrogen-bond acceptors (Lipinski definition) is 1. The topological polar surface area (TPSA) is 29.1 Å². The maximum absolute atomic E-state index is 13.6. The van der Waals surface area contributed by atoms with Crippen LogP contribution in [0.3, 0.4) is 0 Å². The van der Waals surface area contributed by atoms with Crippen LogP contribution in [0.4, 0.5) is 10.1 Å². The SMILES string of the molecule is Cc1ccc(NC(=O)c2ccc(Br)c(C)c2)c(F)c1. The molecule has 0 aliphatic heterocycles. The predicted molar refractivity (Wildman–Crippen MR) is 78.0 cm³/mol. The zero-order valence-electron chi connectivity index (χ0n) is 10.6. The Morgan fingerprint density at radius 3 is 2.53 bits per heavy atom. The van der Waals surface area contributed by atoms with Gasteiger partial charge < -0.3 is 5.32 Å². The molecule has 0 aliphatic rings. The molecule has 0 aromatic heterocycles. The lowest BCUT2D eigenvalue weighted by Crippen LogP contribution is -2.13. The highest BCUT2D eigenvalue weighted by Crippen LogP contribution is 2.19. The Kier molecular flexibility index (Phi) is 4.00. The van der Waals surface area contributed by atoms with Crippen molar-refractivity contribution in [3.05, 3.63) is 63.4 Å². The van der Waals surface area contributed by atoms with E-state index < -0.39 is 5.82 Å². The lowest BCUT2D eigenvalue weighted by molar-refractivity contribution is 0.102. The average molecular weight is 322 g/mol. The van der Waals surface area contributed by atoms with Crippen LogP contribution in [-0.4, -0.2) is 5.91 Å². The number of aryl methyl sites for hydroxylation is 2. The van der Waals surface area contributed by atoms with Gasteiger partial charge in [0.1, 0.15) is 5.82 Å². The summed E-state index contributed by atoms with van der Waals surface area (Å²) in [6, 6.07) is 9.96. The molecule has 0 saturated carbocycles. The van der Waals surface area contributed by atoms with Gasteiger partial charge in [0.15, 0.2) is 0 Å². The Bertz CT molecular complexity index is 640. The number of carbonyl (C=O) groups excluding carboxylic acids is 1. The fraction of sp³-hybridized carbons (Fsp3) is 0.133. The van der Waals surface area contributed by atoms with Crippen molar-refractivity contribution in [1.29, 1.82) is 0 Å². The molecular weight excluding hydrogens is 309 g/mol. The lowest BCUT2D eigenvalue weighted by Gasteiger charge is -2.08. The molecule has 1 N–H and O–H groups in total. The Hall–Kier alpha value is -1.68. The maximum atomic E-state index is 13.6. The van der Waals surface area contributed by atoms with Crippen molar-refractivity contribution in [3.63, 3.8) is 0 Å². The van der Waals surface area contributed by atoms with Gasteiger partial charge in [-0.1, -0.05) is 22.0 Å². The normalized spacial score (nSPS) is 10.3. The summed E-state index contributed by atoms with van der Waals surface area (Å²) in [6.07, 6.45) is 0. The van der Waals surface area contributed by atoms with Gasteiger partial charge in [-0.2, -0.15) is 0 Å². The van der Waals surface area contributed by atoms with Crippen molar-refractivity contribution in [2.75, 3.05) is 5.32 Å². The molecule has 0 spiro atoms. The van der Waals surface area contributed by atoms with Crippen LogP contribution < -0.4 is 5.32 Å². The monoisotopic (exact) mass is 321 g/mol. The molecule has 2 rings (SSSR count). The third-order valence-electron chi connectivity index (χ3n) is 2.79. The molecule has 2 aromatic carbocycles. The predicted octanol–water partition coefficient (Wildman–Crippen LogP) is 4.46. The first-order valence-electron chi connectivity index (χ1n) is 5.81. The van der Waals surface area contributed by atoms with E-state index in [1.165, 1.54) is 6.07 Å². The second kappa shape index (κ2) is 5.53. The summed E-state index contributed by atoms with van der Waals surface area (Å²) < 4.78 is 14.6. The quantitative estimate of drug-likeness (QED) is 0.869. The molecule has 0 atom stereocenters. The van der Waals surface area contributed by atoms with Gasteiger partial charge in [-0.05, 0) is 55.3 Å². The molecular formula is C15H13BrFNO. The molecule has 4 heteroatoms. The standard InChI is InChI=1S/C15H13BrFNO/c1-9-3-6-14(13(17)7-9)18-15(19)11-4-5-12(16)10(2)8-11/h3-8H,1-2H3,(H,18,19). The Morgan fingerprint density at radius 1 is 1.16 bits per heavy atom. The summed E-state index contributed by atoms with van der Waals surface area (Å²) in [4.78, 5) is 12.0. The van der Waals surface area contributed by atoms with Crippen LogP contribution in [0.15, 0.2) is 40.9 Å². The number of benzene rings is 2. The molecule has 0 saturated heterocycles. The van der Waals surface area contributed by atoms with Crippen molar-refractivity contribution >= 4 is 27.5 Å². The minimum atomic E-state index is -0.429. The van der Waals surface area contributed by atoms with Crippen LogP contribution in [0.2, 0.25) is 0 Å². The number of nitrogens with one attached hydrogen (secondary N) is 1. The zero-order chi connectivity index (χ0) is 14.0. The molecule has 2 nitrogen and oxygen atoms in total. The number of anilines is 1. The van der Waals surface area contributed by atoms with Gasteiger partial charge >= 0.3 is 0 Å². The molecule has 1 amide bonds. The van der Waals surface area contributed by atoms with Crippen LogP contribution in [0, 0.1) is 19.7 Å². The summed E-state index contributed by atoms with van der Waals surface area (Å²) >= 11 is 3.37. The van der Waals surface area contributed by atoms with E-state index in [-0.39, 0.29) is 11.6 Å². The fourth-order valence-corrected chi connectivity index (χ4v) is 1.95. The second-order valence-electron chi connectivity index (χ2n) is 4.40. The molecule has 2 aromatic rings. The van der Waals surface area contributed by atoms with Crippen LogP contribution in [0.25, 0.3) is 0 Å². The van der Waals surface area contributed by atoms with Gasteiger partial charge in [-0.3, -0.25) is 4.79 Å². The number of rotatable bonds is 2. The van der Waals surface area contributed by atoms with E-state index in [1.54, 1.807) is 37.3 Å². The zero-order valence-corrected chi connectivity index (χ0v) is 12.2. The van der Waals surface area contributed by atoms with E-state index in [0.29, 0.717) is 5.56 Å². The number of amides is 1. The summed E-state index contributed by atoms with van der Waals surface area (Å²) in [5, 5.41) is 2.57. The first-order valence-corrected chi connectivity index (χ1v) is 6.60. The van der Waals surface area contributed by atoms with Gasteiger partial charge in [0.2, 0.25) is 0 Å². The van der Waals surface area contributed by atoms with Crippen LogP contribution >= 0.6 is 15.9 Å². The van der Waals surface area contributed by atoms with E-state index in [9.17, 15) is 9.18 Å². The largest absolute Gasteiger partial charge is 0.319 e. The molecule has 0 fully saturated rings. The van der Waals surface area contributed by atoms with E-state index in [0.717, 1.165) is 15.6 Å². The van der Waals surface area contributed by atoms with Gasteiger partial charge in [0.05, 0.1) is 5.69 Å². The van der Waals surface area contributed by atoms with E-state index in [4.69, 9.17) is 0 Å². The summed E-state index contributed by atoms with van der Waals surface area (Å²) in [5.41, 5.74) is 2.46. The van der Waals surface area contributed by atoms with E-state index >= 15 is 0 Å². The molecule has 98 valence electrons. The fourth-order valence-electron chi connectivity index (χ4n) is 1.70. The first kappa shape index (κ1) is 13.7. The molecule has 0 unspecified atom stereocenters. The van der Waals surface area contributed by atoms with E-state index in [2.05, 4.69) is 21.2 Å². The van der Waals surface area contributed by atoms with Gasteiger partial charge in [-0.15, -0.1) is 0 Å². The van der Waals surface area contributed by atoms with Gasteiger partial charge in [-0.25, -0.2) is 4.39 Å². The summed E-state index contributed by atoms with van der Waals surface area (Å²) in [7, 11) is 0. The number of carbonyl (C=O) groups is 1. The highest BCUT2D eigenvalue weighted by atomic mass is 79.9. The van der Waals surface area contributed by atoms with Crippen molar-refractivity contribution in [2.45, 2.75) is 13.8 Å². The van der Waals surface area contributed by atoms with Gasteiger partial charge in [0.25, 0.3) is 5.91 Å². The van der Waals surface area contributed by atoms with Crippen LogP contribution in [0.5, 0.6) is 0 Å². The van der Waals surface area contributed by atoms with Crippen LogP contribution in [0.1, 0.15) is 21.5 Å². The molecule has 0 heterocycles. The third-order valence-corrected chi connectivity index (χ3v) is 3.68. The summed E-state index contributed by atoms with van der Waals surface area (Å²) in [6.45, 7) is 3.69. The Labute approximate surface area is 119 Å². The second-order valence-corrected chi connectivity index (χ2v) is 5.26. The van der Waals surface area contributed by atoms with Crippen molar-refractivity contribution in [1.82, 2.24) is 0 Å². The third kappa shape index (κ3) is 3.20. The minimum Gasteiger partial charge on any atom is -0.319 e. The Balaban J connectivity index is 2.23. The molecule has 19 heavy (non-hydrogen) atoms. The maximum Gasteiger partial charge on any atom is 0.255 e. The number of halogens is 2. The van der Waals surface area contributed by atoms with Crippen molar-refractivity contribution < 1.29 is 9.18 Å². The number of hydrogen-bond donors (Lipinski definition) is 1. The van der Waals surface area contributed by atoms with E-state index in [1.807, 2.05) is 6.92 Å². The van der Waals surface area contributed by atoms with Crippen molar-refractivity contribution in [3.8, 4) is 0 Å². The van der Waals surface area contributed by atoms with Gasteiger partial charge in [0, 0.05) is 10.0 Å². The lowest BCUT2D eigenvalue weighted by atomic mass is 10.1. The highest BCUT2D eigenvalue weighted by molar-refractivity contribution is 9.10. The molecule has 0 bridgehead atoms. The first-order chi connectivity index (χ1) is 8.97. The average Bonchev–Trinajstić information content (AvgIpc) is 2.36. The Morgan fingerprint density at radius 2 is 1.89 bits per heavy atom.